The van der Waals surface area contributed by atoms with E-state index >= 15 is 0 Å². The summed E-state index contributed by atoms with van der Waals surface area (Å²) in [4.78, 5) is 41.3. The first-order chi connectivity index (χ1) is 16.0. The average Bonchev–Trinajstić information content (AvgIpc) is 3.44. The number of halogens is 1. The van der Waals surface area contributed by atoms with Gasteiger partial charge in [0.2, 0.25) is 11.8 Å². The normalized spacial score (nSPS) is 22.7. The summed E-state index contributed by atoms with van der Waals surface area (Å²) < 4.78 is 0. The molecular weight excluding hydrogens is 444 g/mol. The van der Waals surface area contributed by atoms with Crippen LogP contribution in [0.3, 0.4) is 0 Å². The quantitative estimate of drug-likeness (QED) is 0.614. The molecule has 0 spiro atoms. The molecule has 2 fully saturated rings. The first-order valence-corrected chi connectivity index (χ1v) is 11.6. The van der Waals surface area contributed by atoms with E-state index in [1.807, 2.05) is 24.3 Å². The minimum absolute atomic E-state index is 0.147. The second kappa shape index (κ2) is 9.17. The number of nitrogens with one attached hydrogen (secondary N) is 2. The lowest BCUT2D eigenvalue weighted by atomic mass is 10.0. The van der Waals surface area contributed by atoms with Gasteiger partial charge in [-0.25, -0.2) is 0 Å². The van der Waals surface area contributed by atoms with Crippen LogP contribution in [0.2, 0.25) is 5.15 Å². The molecule has 2 atom stereocenters. The fourth-order valence-corrected chi connectivity index (χ4v) is 5.04. The zero-order valence-electron chi connectivity index (χ0n) is 18.1. The number of aromatic nitrogens is 2. The van der Waals surface area contributed by atoms with E-state index < -0.39 is 11.9 Å². The van der Waals surface area contributed by atoms with Gasteiger partial charge in [0.15, 0.2) is 5.15 Å². The molecule has 5 rings (SSSR count). The van der Waals surface area contributed by atoms with E-state index in [-0.39, 0.29) is 18.2 Å². The Balaban J connectivity index is 1.39. The lowest BCUT2D eigenvalue weighted by Gasteiger charge is -2.30. The van der Waals surface area contributed by atoms with Crippen LogP contribution in [0.5, 0.6) is 0 Å². The molecule has 0 saturated carbocycles. The van der Waals surface area contributed by atoms with Crippen LogP contribution in [0, 0.1) is 0 Å². The third-order valence-corrected chi connectivity index (χ3v) is 6.82. The largest absolute Gasteiger partial charge is 0.322 e. The molecule has 33 heavy (non-hydrogen) atoms. The number of carbonyl (C=O) groups is 3. The van der Waals surface area contributed by atoms with Crippen molar-refractivity contribution in [2.24, 2.45) is 0 Å². The van der Waals surface area contributed by atoms with Gasteiger partial charge in [-0.15, -0.1) is 5.10 Å². The van der Waals surface area contributed by atoms with Crippen molar-refractivity contribution in [1.82, 2.24) is 30.6 Å². The van der Waals surface area contributed by atoms with E-state index in [9.17, 15) is 14.4 Å². The Morgan fingerprint density at radius 3 is 2.70 bits per heavy atom. The Labute approximate surface area is 196 Å². The Morgan fingerprint density at radius 1 is 1.09 bits per heavy atom. The van der Waals surface area contributed by atoms with E-state index in [1.54, 1.807) is 11.0 Å². The van der Waals surface area contributed by atoms with Gasteiger partial charge in [0.05, 0.1) is 5.69 Å². The van der Waals surface area contributed by atoms with Crippen molar-refractivity contribution in [1.29, 1.82) is 0 Å². The molecule has 4 heterocycles. The lowest BCUT2D eigenvalue weighted by molar-refractivity contribution is -0.136. The number of benzene rings is 1. The number of amides is 3. The lowest BCUT2D eigenvalue weighted by Crippen LogP contribution is -2.52. The molecule has 1 aromatic carbocycles. The predicted molar refractivity (Wildman–Crippen MR) is 120 cm³/mol. The third-order valence-electron chi connectivity index (χ3n) is 6.62. The van der Waals surface area contributed by atoms with Crippen molar-refractivity contribution in [2.75, 3.05) is 13.1 Å². The van der Waals surface area contributed by atoms with Crippen LogP contribution in [0.4, 0.5) is 0 Å². The molecule has 2 saturated heterocycles. The number of hydrogen-bond acceptors (Lipinski definition) is 7. The van der Waals surface area contributed by atoms with Crippen molar-refractivity contribution >= 4 is 29.3 Å². The highest BCUT2D eigenvalue weighted by molar-refractivity contribution is 6.29. The second-order valence-corrected chi connectivity index (χ2v) is 9.14. The molecule has 3 aliphatic rings. The highest BCUT2D eigenvalue weighted by Gasteiger charge is 2.40. The number of imide groups is 1. The summed E-state index contributed by atoms with van der Waals surface area (Å²) in [5.41, 5.74) is 3.33. The number of rotatable bonds is 6. The van der Waals surface area contributed by atoms with Gasteiger partial charge in [-0.1, -0.05) is 29.8 Å². The van der Waals surface area contributed by atoms with Crippen molar-refractivity contribution in [2.45, 2.75) is 51.0 Å². The Morgan fingerprint density at radius 2 is 1.97 bits per heavy atom. The summed E-state index contributed by atoms with van der Waals surface area (Å²) >= 11 is 5.89. The highest BCUT2D eigenvalue weighted by Crippen LogP contribution is 2.31. The molecule has 172 valence electrons. The summed E-state index contributed by atoms with van der Waals surface area (Å²) in [5, 5.41) is 14.3. The zero-order chi connectivity index (χ0) is 22.9. The van der Waals surface area contributed by atoms with Crippen LogP contribution in [0.15, 0.2) is 30.3 Å². The summed E-state index contributed by atoms with van der Waals surface area (Å²) in [6, 6.07) is 9.17. The summed E-state index contributed by atoms with van der Waals surface area (Å²) in [7, 11) is 0. The monoisotopic (exact) mass is 468 g/mol. The SMILES string of the molecule is O=C1CCC(N2Cc3cccc(CN(Cc4ccc(Cl)nn4)C4CCNC4)c3C2=O)C(=O)N1. The van der Waals surface area contributed by atoms with E-state index in [0.717, 1.165) is 36.3 Å². The molecule has 3 amide bonds. The van der Waals surface area contributed by atoms with Gasteiger partial charge in [-0.05, 0) is 42.6 Å². The maximum absolute atomic E-state index is 13.4. The number of carbonyl (C=O) groups excluding carboxylic acids is 3. The molecule has 3 aliphatic heterocycles. The van der Waals surface area contributed by atoms with Crippen LogP contribution in [0.1, 0.15) is 46.4 Å². The maximum atomic E-state index is 13.4. The van der Waals surface area contributed by atoms with Crippen LogP contribution in [0.25, 0.3) is 0 Å². The van der Waals surface area contributed by atoms with Crippen molar-refractivity contribution in [3.05, 3.63) is 57.9 Å². The molecule has 2 unspecified atom stereocenters. The first kappa shape index (κ1) is 21.9. The standard InChI is InChI=1S/C23H25ClN6O3/c24-19-6-4-16(27-28-19)13-29(17-8-9-25-10-17)11-14-2-1-3-15-12-30(23(33)21(14)15)18-5-7-20(31)26-22(18)32/h1-4,6,17-18,25H,5,7-13H2,(H,26,31,32). The van der Waals surface area contributed by atoms with Crippen LogP contribution < -0.4 is 10.6 Å². The van der Waals surface area contributed by atoms with Crippen molar-refractivity contribution in [3.63, 3.8) is 0 Å². The zero-order valence-corrected chi connectivity index (χ0v) is 18.8. The van der Waals surface area contributed by atoms with Crippen molar-refractivity contribution in [3.8, 4) is 0 Å². The smallest absolute Gasteiger partial charge is 0.255 e. The minimum Gasteiger partial charge on any atom is -0.322 e. The number of hydrogen-bond donors (Lipinski definition) is 2. The van der Waals surface area contributed by atoms with Gasteiger partial charge in [0, 0.05) is 44.2 Å². The topological polar surface area (TPSA) is 108 Å². The van der Waals surface area contributed by atoms with Crippen molar-refractivity contribution < 1.29 is 14.4 Å². The fraction of sp³-hybridized carbons (Fsp3) is 0.435. The van der Waals surface area contributed by atoms with Crippen LogP contribution in [-0.2, 0) is 29.2 Å². The summed E-state index contributed by atoms with van der Waals surface area (Å²) in [6.45, 7) is 3.36. The first-order valence-electron chi connectivity index (χ1n) is 11.2. The minimum atomic E-state index is -0.616. The molecule has 0 radical (unpaired) electrons. The molecule has 0 aliphatic carbocycles. The van der Waals surface area contributed by atoms with Gasteiger partial charge in [0.1, 0.15) is 6.04 Å². The van der Waals surface area contributed by atoms with E-state index in [4.69, 9.17) is 11.6 Å². The summed E-state index contributed by atoms with van der Waals surface area (Å²) in [6.07, 6.45) is 1.61. The van der Waals surface area contributed by atoms with E-state index in [1.165, 1.54) is 0 Å². The van der Waals surface area contributed by atoms with Gasteiger partial charge in [0.25, 0.3) is 5.91 Å². The maximum Gasteiger partial charge on any atom is 0.255 e. The fourth-order valence-electron chi connectivity index (χ4n) is 4.94. The Bertz CT molecular complexity index is 1090. The van der Waals surface area contributed by atoms with Gasteiger partial charge in [-0.2, -0.15) is 5.10 Å². The number of nitrogens with zero attached hydrogens (tertiary/aromatic N) is 4. The van der Waals surface area contributed by atoms with Gasteiger partial charge in [-0.3, -0.25) is 24.6 Å². The predicted octanol–water partition coefficient (Wildman–Crippen LogP) is 1.26. The van der Waals surface area contributed by atoms with Crippen LogP contribution in [-0.4, -0.2) is 62.9 Å². The number of piperidine rings is 1. The second-order valence-electron chi connectivity index (χ2n) is 8.75. The molecule has 2 aromatic rings. The Hall–Kier alpha value is -2.88. The highest BCUT2D eigenvalue weighted by atomic mass is 35.5. The van der Waals surface area contributed by atoms with Gasteiger partial charge < -0.3 is 10.2 Å². The third kappa shape index (κ3) is 4.48. The summed E-state index contributed by atoms with van der Waals surface area (Å²) in [5.74, 6) is -0.827. The molecular formula is C23H25ClN6O3. The molecule has 10 heteroatoms. The molecule has 9 nitrogen and oxygen atoms in total. The van der Waals surface area contributed by atoms with E-state index in [0.29, 0.717) is 42.8 Å². The van der Waals surface area contributed by atoms with Gasteiger partial charge >= 0.3 is 0 Å². The van der Waals surface area contributed by atoms with E-state index in [2.05, 4.69) is 25.7 Å². The molecule has 0 bridgehead atoms. The average molecular weight is 469 g/mol. The molecule has 1 aromatic heterocycles. The van der Waals surface area contributed by atoms with Crippen LogP contribution >= 0.6 is 11.6 Å². The Kier molecular flexibility index (Phi) is 6.09. The number of fused-ring (bicyclic) bond motifs is 1. The molecule has 2 N–H and O–H groups in total.